The van der Waals surface area contributed by atoms with Gasteiger partial charge in [0, 0.05) is 10.9 Å². The van der Waals surface area contributed by atoms with Crippen LogP contribution >= 0.6 is 35.0 Å². The Morgan fingerprint density at radius 2 is 1.94 bits per heavy atom. The van der Waals surface area contributed by atoms with E-state index < -0.39 is 0 Å². The first-order valence-electron chi connectivity index (χ1n) is 5.67. The summed E-state index contributed by atoms with van der Waals surface area (Å²) < 4.78 is 0. The minimum absolute atomic E-state index is 0.469. The van der Waals surface area contributed by atoms with Crippen molar-refractivity contribution in [3.8, 4) is 0 Å². The van der Waals surface area contributed by atoms with E-state index in [1.165, 1.54) is 23.5 Å². The molecule has 0 amide bonds. The number of thioether (sulfide) groups is 1. The van der Waals surface area contributed by atoms with Crippen molar-refractivity contribution in [1.29, 1.82) is 0 Å². The van der Waals surface area contributed by atoms with Gasteiger partial charge in [-0.3, -0.25) is 0 Å². The van der Waals surface area contributed by atoms with Crippen molar-refractivity contribution in [2.45, 2.75) is 25.7 Å². The Labute approximate surface area is 113 Å². The molecule has 0 aliphatic carbocycles. The predicted molar refractivity (Wildman–Crippen MR) is 77.1 cm³/mol. The quantitative estimate of drug-likeness (QED) is 0.488. The molecule has 0 aromatic heterocycles. The van der Waals surface area contributed by atoms with Crippen LogP contribution in [0.3, 0.4) is 0 Å². The van der Waals surface area contributed by atoms with Crippen LogP contribution in [0.1, 0.15) is 31.2 Å². The van der Waals surface area contributed by atoms with Crippen LogP contribution in [0, 0.1) is 0 Å². The number of halogens is 2. The molecule has 1 rings (SSSR count). The molecule has 0 saturated carbocycles. The lowest BCUT2D eigenvalue weighted by molar-refractivity contribution is 0.674. The first-order chi connectivity index (χ1) is 7.77. The third-order valence-electron chi connectivity index (χ3n) is 2.57. The zero-order valence-electron chi connectivity index (χ0n) is 9.59. The fourth-order valence-corrected chi connectivity index (χ4v) is 2.76. The molecule has 0 heterocycles. The number of hydrogen-bond donors (Lipinski definition) is 0. The topological polar surface area (TPSA) is 0 Å². The molecule has 1 aromatic rings. The van der Waals surface area contributed by atoms with E-state index in [1.54, 1.807) is 0 Å². The Bertz CT molecular complexity index is 284. The second-order valence-corrected chi connectivity index (χ2v) is 5.88. The molecule has 3 heteroatoms. The second-order valence-electron chi connectivity index (χ2n) is 3.74. The van der Waals surface area contributed by atoms with Gasteiger partial charge in [0.2, 0.25) is 0 Å². The molecule has 1 unspecified atom stereocenters. The summed E-state index contributed by atoms with van der Waals surface area (Å²) in [6.45, 7) is 2.20. The first kappa shape index (κ1) is 14.2. The summed E-state index contributed by atoms with van der Waals surface area (Å²) in [6.07, 6.45) is 2.40. The summed E-state index contributed by atoms with van der Waals surface area (Å²) in [5, 5.41) is 0.790. The van der Waals surface area contributed by atoms with Gasteiger partial charge in [-0.1, -0.05) is 30.7 Å². The molecule has 0 N–H and O–H groups in total. The lowest BCUT2D eigenvalue weighted by Crippen LogP contribution is -2.01. The van der Waals surface area contributed by atoms with E-state index >= 15 is 0 Å². The number of benzene rings is 1. The van der Waals surface area contributed by atoms with Crippen molar-refractivity contribution in [2.75, 3.05) is 17.4 Å². The third-order valence-corrected chi connectivity index (χ3v) is 4.18. The van der Waals surface area contributed by atoms with Gasteiger partial charge < -0.3 is 0 Å². The standard InChI is InChI=1S/C13H18Cl2S/c1-2-16-9-3-4-12(10-14)11-5-7-13(15)8-6-11/h5-8,12H,2-4,9-10H2,1H3. The zero-order valence-corrected chi connectivity index (χ0v) is 11.9. The van der Waals surface area contributed by atoms with Gasteiger partial charge >= 0.3 is 0 Å². The molecule has 16 heavy (non-hydrogen) atoms. The molecule has 0 saturated heterocycles. The first-order valence-corrected chi connectivity index (χ1v) is 7.73. The number of hydrogen-bond acceptors (Lipinski definition) is 1. The van der Waals surface area contributed by atoms with Crippen LogP contribution < -0.4 is 0 Å². The smallest absolute Gasteiger partial charge is 0.0406 e. The SMILES string of the molecule is CCSCCCC(CCl)c1ccc(Cl)cc1. The highest BCUT2D eigenvalue weighted by atomic mass is 35.5. The van der Waals surface area contributed by atoms with Gasteiger partial charge in [-0.25, -0.2) is 0 Å². The van der Waals surface area contributed by atoms with Crippen LogP contribution in [0.5, 0.6) is 0 Å². The molecule has 90 valence electrons. The van der Waals surface area contributed by atoms with E-state index in [0.717, 1.165) is 11.4 Å². The van der Waals surface area contributed by atoms with Gasteiger partial charge in [0.15, 0.2) is 0 Å². The van der Waals surface area contributed by atoms with Crippen LogP contribution in [-0.4, -0.2) is 17.4 Å². The number of alkyl halides is 1. The molecule has 1 atom stereocenters. The summed E-state index contributed by atoms with van der Waals surface area (Å²) >= 11 is 13.9. The highest BCUT2D eigenvalue weighted by Gasteiger charge is 2.09. The summed E-state index contributed by atoms with van der Waals surface area (Å²) in [5.74, 6) is 3.60. The molecule has 0 fully saturated rings. The second kappa shape index (κ2) is 8.27. The van der Waals surface area contributed by atoms with Crippen LogP contribution in [-0.2, 0) is 0 Å². The average Bonchev–Trinajstić information content (AvgIpc) is 2.31. The summed E-state index contributed by atoms with van der Waals surface area (Å²) in [4.78, 5) is 0. The largest absolute Gasteiger partial charge is 0.162 e. The van der Waals surface area contributed by atoms with Crippen LogP contribution in [0.4, 0.5) is 0 Å². The Balaban J connectivity index is 2.44. The van der Waals surface area contributed by atoms with E-state index in [1.807, 2.05) is 23.9 Å². The highest BCUT2D eigenvalue weighted by Crippen LogP contribution is 2.25. The van der Waals surface area contributed by atoms with Crippen LogP contribution in [0.25, 0.3) is 0 Å². The van der Waals surface area contributed by atoms with Crippen molar-refractivity contribution in [3.05, 3.63) is 34.9 Å². The molecular weight excluding hydrogens is 259 g/mol. The fourth-order valence-electron chi connectivity index (χ4n) is 1.64. The van der Waals surface area contributed by atoms with Crippen LogP contribution in [0.2, 0.25) is 5.02 Å². The van der Waals surface area contributed by atoms with Crippen molar-refractivity contribution in [2.24, 2.45) is 0 Å². The third kappa shape index (κ3) is 4.99. The maximum absolute atomic E-state index is 6.01. The predicted octanol–water partition coefficient (Wildman–Crippen LogP) is 5.20. The van der Waals surface area contributed by atoms with Gasteiger partial charge in [-0.05, 0) is 48.0 Å². The zero-order chi connectivity index (χ0) is 11.8. The number of rotatable bonds is 7. The maximum Gasteiger partial charge on any atom is 0.0406 e. The summed E-state index contributed by atoms with van der Waals surface area (Å²) in [7, 11) is 0. The van der Waals surface area contributed by atoms with Crippen molar-refractivity contribution in [1.82, 2.24) is 0 Å². The monoisotopic (exact) mass is 276 g/mol. The lowest BCUT2D eigenvalue weighted by atomic mass is 9.96. The molecule has 1 aromatic carbocycles. The Morgan fingerprint density at radius 3 is 2.50 bits per heavy atom. The van der Waals surface area contributed by atoms with Crippen molar-refractivity contribution >= 4 is 35.0 Å². The molecule has 0 spiro atoms. The van der Waals surface area contributed by atoms with Gasteiger partial charge in [0.25, 0.3) is 0 Å². The maximum atomic E-state index is 6.01. The Kier molecular flexibility index (Phi) is 7.35. The summed E-state index contributed by atoms with van der Waals surface area (Å²) in [6, 6.07) is 8.05. The van der Waals surface area contributed by atoms with E-state index in [0.29, 0.717) is 11.8 Å². The molecule has 0 nitrogen and oxygen atoms in total. The normalized spacial score (nSPS) is 12.7. The van der Waals surface area contributed by atoms with E-state index in [-0.39, 0.29) is 0 Å². The van der Waals surface area contributed by atoms with E-state index in [9.17, 15) is 0 Å². The molecule has 0 bridgehead atoms. The molecule has 0 aliphatic rings. The van der Waals surface area contributed by atoms with E-state index in [4.69, 9.17) is 23.2 Å². The van der Waals surface area contributed by atoms with Gasteiger partial charge in [0.05, 0.1) is 0 Å². The van der Waals surface area contributed by atoms with Gasteiger partial charge in [-0.15, -0.1) is 11.6 Å². The Morgan fingerprint density at radius 1 is 1.25 bits per heavy atom. The lowest BCUT2D eigenvalue weighted by Gasteiger charge is -2.14. The average molecular weight is 277 g/mol. The van der Waals surface area contributed by atoms with Crippen molar-refractivity contribution < 1.29 is 0 Å². The van der Waals surface area contributed by atoms with Crippen molar-refractivity contribution in [3.63, 3.8) is 0 Å². The molecular formula is C13H18Cl2S. The van der Waals surface area contributed by atoms with E-state index in [2.05, 4.69) is 19.1 Å². The fraction of sp³-hybridized carbons (Fsp3) is 0.538. The minimum Gasteiger partial charge on any atom is -0.162 e. The van der Waals surface area contributed by atoms with Gasteiger partial charge in [0.1, 0.15) is 0 Å². The molecule has 0 aliphatic heterocycles. The minimum atomic E-state index is 0.469. The highest BCUT2D eigenvalue weighted by molar-refractivity contribution is 7.99. The Hall–Kier alpha value is 0.150. The summed E-state index contributed by atoms with van der Waals surface area (Å²) in [5.41, 5.74) is 1.31. The van der Waals surface area contributed by atoms with Crippen LogP contribution in [0.15, 0.2) is 24.3 Å². The van der Waals surface area contributed by atoms with Gasteiger partial charge in [-0.2, -0.15) is 11.8 Å². The molecule has 0 radical (unpaired) electrons.